The zero-order valence-electron chi connectivity index (χ0n) is 27.7. The zero-order valence-corrected chi connectivity index (χ0v) is 27.7. The van der Waals surface area contributed by atoms with Crippen molar-refractivity contribution in [3.05, 3.63) is 138 Å². The molecule has 0 unspecified atom stereocenters. The van der Waals surface area contributed by atoms with Gasteiger partial charge >= 0.3 is 12.0 Å². The predicted molar refractivity (Wildman–Crippen MR) is 190 cm³/mol. The van der Waals surface area contributed by atoms with Crippen molar-refractivity contribution in [3.63, 3.8) is 0 Å². The summed E-state index contributed by atoms with van der Waals surface area (Å²) in [6, 6.07) is 35.9. The number of ether oxygens (including phenoxy) is 3. The first-order chi connectivity index (χ1) is 24.4. The fourth-order valence-electron chi connectivity index (χ4n) is 5.84. The molecule has 3 N–H and O–H groups in total. The molecular weight excluding hydrogens is 634 g/mol. The van der Waals surface area contributed by atoms with Crippen LogP contribution in [0.2, 0.25) is 0 Å². The molecule has 1 aromatic heterocycles. The monoisotopic (exact) mass is 669 g/mol. The van der Waals surface area contributed by atoms with Crippen LogP contribution in [0.4, 0.5) is 4.79 Å². The van der Waals surface area contributed by atoms with E-state index in [1.54, 1.807) is 31.3 Å². The first-order valence-corrected chi connectivity index (χ1v) is 15.8. The van der Waals surface area contributed by atoms with Crippen LogP contribution in [-0.2, 0) is 14.3 Å². The Balaban J connectivity index is 1.22. The van der Waals surface area contributed by atoms with Gasteiger partial charge in [-0.1, -0.05) is 84.9 Å². The quantitative estimate of drug-likeness (QED) is 0.0879. The number of para-hydroxylation sites is 1. The first-order valence-electron chi connectivity index (χ1n) is 15.8. The Labute approximate surface area is 289 Å². The average Bonchev–Trinajstić information content (AvgIpc) is 3.53. The van der Waals surface area contributed by atoms with E-state index >= 15 is 0 Å². The SMILES string of the molecule is COC(=O)C1=C(C)NC(=O)N[C@H]1c1ccc(OCC(=O)N/N=C\c2cc(-c3ccccc3)n(-c3ccccc3)c2-c2ccccc2)c(OC)c1. The second kappa shape index (κ2) is 15.1. The molecule has 50 heavy (non-hydrogen) atoms. The molecule has 0 aliphatic carbocycles. The van der Waals surface area contributed by atoms with Crippen LogP contribution in [0.5, 0.6) is 11.5 Å². The van der Waals surface area contributed by atoms with Crippen LogP contribution in [0, 0.1) is 0 Å². The van der Waals surface area contributed by atoms with Crippen LogP contribution >= 0.6 is 0 Å². The van der Waals surface area contributed by atoms with E-state index in [2.05, 4.69) is 56.1 Å². The number of nitrogens with zero attached hydrogens (tertiary/aromatic N) is 2. The summed E-state index contributed by atoms with van der Waals surface area (Å²) in [7, 11) is 2.73. The number of benzene rings is 4. The van der Waals surface area contributed by atoms with Crippen LogP contribution in [0.3, 0.4) is 0 Å². The van der Waals surface area contributed by atoms with E-state index in [0.29, 0.717) is 17.0 Å². The van der Waals surface area contributed by atoms with Gasteiger partial charge in [0.05, 0.1) is 43.4 Å². The third-order valence-corrected chi connectivity index (χ3v) is 8.11. The van der Waals surface area contributed by atoms with Crippen LogP contribution < -0.4 is 25.5 Å². The van der Waals surface area contributed by atoms with Crippen molar-refractivity contribution in [2.45, 2.75) is 13.0 Å². The molecule has 3 amide bonds. The Morgan fingerprint density at radius 2 is 1.52 bits per heavy atom. The molecule has 252 valence electrons. The summed E-state index contributed by atoms with van der Waals surface area (Å²) in [4.78, 5) is 37.6. The number of urea groups is 1. The van der Waals surface area contributed by atoms with Crippen LogP contribution in [0.1, 0.15) is 24.1 Å². The van der Waals surface area contributed by atoms with Crippen molar-refractivity contribution in [1.82, 2.24) is 20.6 Å². The van der Waals surface area contributed by atoms with Gasteiger partial charge in [0.1, 0.15) is 0 Å². The van der Waals surface area contributed by atoms with E-state index in [9.17, 15) is 14.4 Å². The molecule has 2 heterocycles. The van der Waals surface area contributed by atoms with E-state index < -0.39 is 23.9 Å². The Morgan fingerprint density at radius 1 is 0.860 bits per heavy atom. The van der Waals surface area contributed by atoms with Gasteiger partial charge in [0.2, 0.25) is 0 Å². The van der Waals surface area contributed by atoms with Crippen molar-refractivity contribution >= 4 is 24.1 Å². The number of carbonyl (C=O) groups is 3. The topological polar surface area (TPSA) is 132 Å². The maximum Gasteiger partial charge on any atom is 0.337 e. The summed E-state index contributed by atoms with van der Waals surface area (Å²) in [5.74, 6) is -0.483. The standard InChI is InChI=1S/C39H35N5O6/c1-25-35(38(46)49-3)36(42-39(47)41-25)28-19-20-32(33(22-28)48-2)50-24-34(45)43-40-23-29-21-31(26-13-7-4-8-14-26)44(30-17-11-6-12-18-30)37(29)27-15-9-5-10-16-27/h4-23,36H,24H2,1-3H3,(H,43,45)(H2,41,42,47)/b40-23-/t36-/m0/s1. The molecule has 0 spiro atoms. The Bertz CT molecular complexity index is 2070. The molecule has 1 aliphatic heterocycles. The third-order valence-electron chi connectivity index (χ3n) is 8.11. The number of rotatable bonds is 11. The average molecular weight is 670 g/mol. The summed E-state index contributed by atoms with van der Waals surface area (Å²) in [6.07, 6.45) is 1.63. The summed E-state index contributed by atoms with van der Waals surface area (Å²) < 4.78 is 18.4. The Morgan fingerprint density at radius 3 is 2.18 bits per heavy atom. The molecule has 0 radical (unpaired) electrons. The molecule has 4 aromatic carbocycles. The van der Waals surface area contributed by atoms with Crippen LogP contribution in [0.25, 0.3) is 28.2 Å². The highest BCUT2D eigenvalue weighted by atomic mass is 16.5. The van der Waals surface area contributed by atoms with Gasteiger partial charge in [0.25, 0.3) is 5.91 Å². The van der Waals surface area contributed by atoms with Crippen LogP contribution in [-0.4, -0.2) is 49.5 Å². The van der Waals surface area contributed by atoms with Gasteiger partial charge < -0.3 is 29.4 Å². The molecule has 1 aliphatic rings. The molecule has 0 saturated heterocycles. The summed E-state index contributed by atoms with van der Waals surface area (Å²) in [6.45, 7) is 1.27. The number of carbonyl (C=O) groups excluding carboxylic acids is 3. The lowest BCUT2D eigenvalue weighted by atomic mass is 9.95. The number of hydrogen-bond acceptors (Lipinski definition) is 7. The minimum absolute atomic E-state index is 0.255. The maximum atomic E-state index is 12.9. The normalized spacial score (nSPS) is 14.1. The van der Waals surface area contributed by atoms with E-state index in [4.69, 9.17) is 14.2 Å². The second-order valence-corrected chi connectivity index (χ2v) is 11.3. The largest absolute Gasteiger partial charge is 0.493 e. The van der Waals surface area contributed by atoms with Gasteiger partial charge in [-0.25, -0.2) is 15.0 Å². The molecule has 0 saturated carbocycles. The fourth-order valence-corrected chi connectivity index (χ4v) is 5.84. The molecule has 0 bridgehead atoms. The molecule has 5 aromatic rings. The van der Waals surface area contributed by atoms with Crippen molar-refractivity contribution in [2.24, 2.45) is 5.10 Å². The van der Waals surface area contributed by atoms with Crippen molar-refractivity contribution in [2.75, 3.05) is 20.8 Å². The second-order valence-electron chi connectivity index (χ2n) is 11.3. The fraction of sp³-hybridized carbons (Fsp3) is 0.128. The van der Waals surface area contributed by atoms with Gasteiger partial charge in [0.15, 0.2) is 18.1 Å². The molecule has 11 heteroatoms. The van der Waals surface area contributed by atoms with Gasteiger partial charge in [-0.05, 0) is 53.9 Å². The molecule has 6 rings (SSSR count). The minimum Gasteiger partial charge on any atom is -0.493 e. The number of aromatic nitrogens is 1. The molecule has 11 nitrogen and oxygen atoms in total. The van der Waals surface area contributed by atoms with Crippen LogP contribution in [0.15, 0.2) is 132 Å². The highest BCUT2D eigenvalue weighted by molar-refractivity contribution is 5.95. The molecule has 1 atom stereocenters. The molecular formula is C39H35N5O6. The maximum absolute atomic E-state index is 12.9. The Hall–Kier alpha value is -6.62. The number of methoxy groups -OCH3 is 2. The summed E-state index contributed by atoms with van der Waals surface area (Å²) in [5, 5.41) is 9.63. The first kappa shape index (κ1) is 33.3. The highest BCUT2D eigenvalue weighted by Crippen LogP contribution is 2.36. The lowest BCUT2D eigenvalue weighted by Crippen LogP contribution is -2.45. The number of allylic oxidation sites excluding steroid dienone is 1. The minimum atomic E-state index is -0.781. The number of esters is 1. The summed E-state index contributed by atoms with van der Waals surface area (Å²) >= 11 is 0. The van der Waals surface area contributed by atoms with Gasteiger partial charge in [-0.3, -0.25) is 4.79 Å². The van der Waals surface area contributed by atoms with Gasteiger partial charge in [-0.15, -0.1) is 0 Å². The van der Waals surface area contributed by atoms with Crippen molar-refractivity contribution in [3.8, 4) is 39.7 Å². The third kappa shape index (κ3) is 7.12. The number of hydrazone groups is 1. The zero-order chi connectivity index (χ0) is 35.0. The predicted octanol–water partition coefficient (Wildman–Crippen LogP) is 6.15. The van der Waals surface area contributed by atoms with Gasteiger partial charge in [0, 0.05) is 16.9 Å². The summed E-state index contributed by atoms with van der Waals surface area (Å²) in [5.41, 5.74) is 9.45. The lowest BCUT2D eigenvalue weighted by molar-refractivity contribution is -0.136. The Kier molecular flexibility index (Phi) is 10.0. The van der Waals surface area contributed by atoms with E-state index in [0.717, 1.165) is 33.8 Å². The van der Waals surface area contributed by atoms with Crippen molar-refractivity contribution in [1.29, 1.82) is 0 Å². The van der Waals surface area contributed by atoms with E-state index in [1.165, 1.54) is 14.2 Å². The number of amides is 3. The van der Waals surface area contributed by atoms with E-state index in [1.807, 2.05) is 66.7 Å². The van der Waals surface area contributed by atoms with Gasteiger partial charge in [-0.2, -0.15) is 5.10 Å². The highest BCUT2D eigenvalue weighted by Gasteiger charge is 2.32. The molecule has 0 fully saturated rings. The lowest BCUT2D eigenvalue weighted by Gasteiger charge is -2.28. The van der Waals surface area contributed by atoms with Crippen molar-refractivity contribution < 1.29 is 28.6 Å². The van der Waals surface area contributed by atoms with E-state index in [-0.39, 0.29) is 17.9 Å². The number of nitrogens with one attached hydrogen (secondary N) is 3. The number of hydrogen-bond donors (Lipinski definition) is 3. The smallest absolute Gasteiger partial charge is 0.337 e.